The van der Waals surface area contributed by atoms with Gasteiger partial charge in [0.15, 0.2) is 5.69 Å². The Morgan fingerprint density at radius 2 is 2.10 bits per heavy atom. The van der Waals surface area contributed by atoms with E-state index in [1.807, 2.05) is 19.2 Å². The molecule has 0 saturated heterocycles. The molecule has 0 amide bonds. The molecule has 6 nitrogen and oxygen atoms in total. The molecule has 2 aromatic rings. The lowest BCUT2D eigenvalue weighted by molar-refractivity contribution is 0.0688. The molecule has 21 heavy (non-hydrogen) atoms. The van der Waals surface area contributed by atoms with Gasteiger partial charge in [-0.1, -0.05) is 39.8 Å². The first-order valence-corrected chi connectivity index (χ1v) is 7.69. The number of hydrogen-bond acceptors (Lipinski definition) is 5. The van der Waals surface area contributed by atoms with E-state index in [9.17, 15) is 9.90 Å². The molecule has 2 rings (SSSR count). The first-order chi connectivity index (χ1) is 9.70. The highest BCUT2D eigenvalue weighted by molar-refractivity contribution is 7.09. The van der Waals surface area contributed by atoms with E-state index in [1.165, 1.54) is 0 Å². The van der Waals surface area contributed by atoms with Crippen molar-refractivity contribution in [2.24, 2.45) is 0 Å². The summed E-state index contributed by atoms with van der Waals surface area (Å²) in [6.45, 7) is 10.7. The van der Waals surface area contributed by atoms with Crippen molar-refractivity contribution in [3.63, 3.8) is 0 Å². The number of aromatic carboxylic acids is 1. The van der Waals surface area contributed by atoms with Gasteiger partial charge < -0.3 is 5.11 Å². The van der Waals surface area contributed by atoms with Crippen LogP contribution < -0.4 is 0 Å². The van der Waals surface area contributed by atoms with Crippen molar-refractivity contribution in [2.45, 2.75) is 52.5 Å². The lowest BCUT2D eigenvalue weighted by Crippen LogP contribution is -2.13. The van der Waals surface area contributed by atoms with Crippen molar-refractivity contribution in [3.8, 4) is 0 Å². The Bertz CT molecular complexity index is 652. The summed E-state index contributed by atoms with van der Waals surface area (Å²) in [6, 6.07) is 0. The summed E-state index contributed by atoms with van der Waals surface area (Å²) in [5, 5.41) is 20.0. The van der Waals surface area contributed by atoms with E-state index in [0.717, 1.165) is 10.7 Å². The molecule has 7 heteroatoms. The molecule has 2 heterocycles. The molecule has 0 aromatic carbocycles. The highest BCUT2D eigenvalue weighted by Crippen LogP contribution is 2.26. The SMILES string of the molecule is CC(C)c1c(C(=O)O)nnn1Cc1csc(C(C)(C)C)n1. The molecule has 2 aromatic heterocycles. The molecule has 0 unspecified atom stereocenters. The summed E-state index contributed by atoms with van der Waals surface area (Å²) >= 11 is 1.61. The van der Waals surface area contributed by atoms with Gasteiger partial charge in [0.25, 0.3) is 0 Å². The maximum absolute atomic E-state index is 11.2. The van der Waals surface area contributed by atoms with Crippen LogP contribution in [0.25, 0.3) is 0 Å². The average molecular weight is 308 g/mol. The molecule has 0 aliphatic heterocycles. The smallest absolute Gasteiger partial charge is 0.358 e. The zero-order valence-electron chi connectivity index (χ0n) is 12.9. The van der Waals surface area contributed by atoms with Crippen LogP contribution in [0.5, 0.6) is 0 Å². The minimum absolute atomic E-state index is 0.0123. The first-order valence-electron chi connectivity index (χ1n) is 6.81. The Balaban J connectivity index is 2.32. The van der Waals surface area contributed by atoms with Crippen LogP contribution in [-0.2, 0) is 12.0 Å². The highest BCUT2D eigenvalue weighted by atomic mass is 32.1. The van der Waals surface area contributed by atoms with Crippen LogP contribution in [0.15, 0.2) is 5.38 Å². The summed E-state index contributed by atoms with van der Waals surface area (Å²) in [5.74, 6) is -1.01. The molecular weight excluding hydrogens is 288 g/mol. The molecule has 0 atom stereocenters. The topological polar surface area (TPSA) is 80.9 Å². The van der Waals surface area contributed by atoms with E-state index in [0.29, 0.717) is 12.2 Å². The number of carboxylic acid groups (broad SMARTS) is 1. The number of carbonyl (C=O) groups is 1. The van der Waals surface area contributed by atoms with E-state index in [2.05, 4.69) is 36.1 Å². The lowest BCUT2D eigenvalue weighted by atomic mass is 9.98. The van der Waals surface area contributed by atoms with E-state index in [4.69, 9.17) is 0 Å². The van der Waals surface area contributed by atoms with Crippen molar-refractivity contribution >= 4 is 17.3 Å². The molecule has 0 aliphatic rings. The quantitative estimate of drug-likeness (QED) is 0.939. The summed E-state index contributed by atoms with van der Waals surface area (Å²) in [7, 11) is 0. The second kappa shape index (κ2) is 5.55. The summed E-state index contributed by atoms with van der Waals surface area (Å²) in [6.07, 6.45) is 0. The Kier molecular flexibility index (Phi) is 4.13. The number of nitrogens with zero attached hydrogens (tertiary/aromatic N) is 4. The van der Waals surface area contributed by atoms with Crippen LogP contribution in [0.2, 0.25) is 0 Å². The average Bonchev–Trinajstić information content (AvgIpc) is 2.94. The predicted octanol–water partition coefficient (Wildman–Crippen LogP) is 2.90. The molecule has 0 aliphatic carbocycles. The van der Waals surface area contributed by atoms with Crippen LogP contribution >= 0.6 is 11.3 Å². The Morgan fingerprint density at radius 1 is 1.43 bits per heavy atom. The number of carboxylic acids is 1. The molecule has 1 N–H and O–H groups in total. The molecule has 0 spiro atoms. The largest absolute Gasteiger partial charge is 0.476 e. The van der Waals surface area contributed by atoms with Gasteiger partial charge in [-0.15, -0.1) is 16.4 Å². The van der Waals surface area contributed by atoms with Crippen LogP contribution in [-0.4, -0.2) is 31.1 Å². The zero-order valence-corrected chi connectivity index (χ0v) is 13.7. The second-order valence-electron chi connectivity index (χ2n) is 6.33. The molecule has 0 saturated carbocycles. The van der Waals surface area contributed by atoms with E-state index >= 15 is 0 Å². The molecular formula is C14H20N4O2S. The van der Waals surface area contributed by atoms with E-state index in [1.54, 1.807) is 16.0 Å². The van der Waals surface area contributed by atoms with Crippen LogP contribution in [0.4, 0.5) is 0 Å². The van der Waals surface area contributed by atoms with Crippen LogP contribution in [0, 0.1) is 0 Å². The van der Waals surface area contributed by atoms with E-state index in [-0.39, 0.29) is 17.0 Å². The Hall–Kier alpha value is -1.76. The van der Waals surface area contributed by atoms with Gasteiger partial charge in [-0.3, -0.25) is 0 Å². The third-order valence-electron chi connectivity index (χ3n) is 3.03. The number of thiazole rings is 1. The van der Waals surface area contributed by atoms with Gasteiger partial charge in [0.05, 0.1) is 22.9 Å². The number of rotatable bonds is 4. The van der Waals surface area contributed by atoms with Gasteiger partial charge in [-0.05, 0) is 5.92 Å². The highest BCUT2D eigenvalue weighted by Gasteiger charge is 2.23. The standard InChI is InChI=1S/C14H20N4O2S/c1-8(2)11-10(12(19)20)16-17-18(11)6-9-7-21-13(15-9)14(3,4)5/h7-8H,6H2,1-5H3,(H,19,20). The predicted molar refractivity (Wildman–Crippen MR) is 81.0 cm³/mol. The maximum atomic E-state index is 11.2. The van der Waals surface area contributed by atoms with Crippen LogP contribution in [0.1, 0.15) is 67.4 Å². The van der Waals surface area contributed by atoms with Crippen molar-refractivity contribution in [3.05, 3.63) is 27.5 Å². The Morgan fingerprint density at radius 3 is 2.57 bits per heavy atom. The zero-order chi connectivity index (χ0) is 15.8. The Labute approximate surface area is 127 Å². The fourth-order valence-electron chi connectivity index (χ4n) is 2.04. The lowest BCUT2D eigenvalue weighted by Gasteiger charge is -2.13. The van der Waals surface area contributed by atoms with E-state index < -0.39 is 5.97 Å². The van der Waals surface area contributed by atoms with Gasteiger partial charge in [0.2, 0.25) is 0 Å². The van der Waals surface area contributed by atoms with Gasteiger partial charge >= 0.3 is 5.97 Å². The van der Waals surface area contributed by atoms with Gasteiger partial charge in [0.1, 0.15) is 0 Å². The number of hydrogen-bond donors (Lipinski definition) is 1. The second-order valence-corrected chi connectivity index (χ2v) is 7.19. The normalized spacial score (nSPS) is 12.1. The molecule has 0 fully saturated rings. The first kappa shape index (κ1) is 15.6. The summed E-state index contributed by atoms with van der Waals surface area (Å²) in [5.41, 5.74) is 1.55. The van der Waals surface area contributed by atoms with Crippen molar-refractivity contribution < 1.29 is 9.90 Å². The summed E-state index contributed by atoms with van der Waals surface area (Å²) in [4.78, 5) is 15.8. The molecule has 0 radical (unpaired) electrons. The molecule has 114 valence electrons. The fourth-order valence-corrected chi connectivity index (χ4v) is 2.94. The van der Waals surface area contributed by atoms with Gasteiger partial charge in [-0.25, -0.2) is 14.5 Å². The minimum Gasteiger partial charge on any atom is -0.476 e. The molecule has 0 bridgehead atoms. The van der Waals surface area contributed by atoms with Crippen LogP contribution in [0.3, 0.4) is 0 Å². The minimum atomic E-state index is -1.04. The van der Waals surface area contributed by atoms with Crippen molar-refractivity contribution in [1.82, 2.24) is 20.0 Å². The third kappa shape index (κ3) is 3.29. The summed E-state index contributed by atoms with van der Waals surface area (Å²) < 4.78 is 1.63. The third-order valence-corrected chi connectivity index (χ3v) is 4.34. The van der Waals surface area contributed by atoms with Gasteiger partial charge in [0, 0.05) is 10.8 Å². The monoisotopic (exact) mass is 308 g/mol. The van der Waals surface area contributed by atoms with Crippen molar-refractivity contribution in [1.29, 1.82) is 0 Å². The van der Waals surface area contributed by atoms with Gasteiger partial charge in [-0.2, -0.15) is 0 Å². The number of aromatic nitrogens is 4. The van der Waals surface area contributed by atoms with Crippen molar-refractivity contribution in [2.75, 3.05) is 0 Å². The fraction of sp³-hybridized carbons (Fsp3) is 0.571. The maximum Gasteiger partial charge on any atom is 0.358 e.